The van der Waals surface area contributed by atoms with Crippen molar-refractivity contribution in [1.29, 1.82) is 0 Å². The molecule has 1 aliphatic heterocycles. The van der Waals surface area contributed by atoms with E-state index in [1.54, 1.807) is 6.92 Å². The molecule has 0 amide bonds. The minimum Gasteiger partial charge on any atom is -0.394 e. The molecule has 0 spiro atoms. The van der Waals surface area contributed by atoms with Gasteiger partial charge in [0, 0.05) is 0 Å². The van der Waals surface area contributed by atoms with Crippen molar-refractivity contribution in [3.63, 3.8) is 0 Å². The molecule has 160 valence electrons. The van der Waals surface area contributed by atoms with Crippen molar-refractivity contribution >= 4 is 0 Å². The quantitative estimate of drug-likeness (QED) is 0.356. The van der Waals surface area contributed by atoms with Crippen molar-refractivity contribution in [2.24, 2.45) is 11.3 Å². The van der Waals surface area contributed by atoms with Crippen LogP contribution in [0.5, 0.6) is 0 Å². The van der Waals surface area contributed by atoms with E-state index in [9.17, 15) is 30.6 Å². The molecule has 8 heteroatoms. The van der Waals surface area contributed by atoms with Gasteiger partial charge in [-0.3, -0.25) is 0 Å². The maximum atomic E-state index is 11.3. The van der Waals surface area contributed by atoms with Crippen LogP contribution < -0.4 is 0 Å². The van der Waals surface area contributed by atoms with Gasteiger partial charge in [0.15, 0.2) is 6.29 Å². The van der Waals surface area contributed by atoms with Gasteiger partial charge in [0.2, 0.25) is 0 Å². The van der Waals surface area contributed by atoms with Crippen LogP contribution in [0, 0.1) is 11.3 Å². The molecule has 0 unspecified atom stereocenters. The molecule has 2 fully saturated rings. The highest BCUT2D eigenvalue weighted by Gasteiger charge is 2.52. The molecule has 0 aromatic rings. The first-order valence-electron chi connectivity index (χ1n) is 9.79. The third-order valence-corrected chi connectivity index (χ3v) is 6.51. The van der Waals surface area contributed by atoms with E-state index in [4.69, 9.17) is 9.47 Å². The van der Waals surface area contributed by atoms with E-state index in [-0.39, 0.29) is 5.92 Å². The summed E-state index contributed by atoms with van der Waals surface area (Å²) in [6.07, 6.45) is -5.34. The average Bonchev–Trinajstić information content (AvgIpc) is 2.58. The van der Waals surface area contributed by atoms with E-state index < -0.39 is 60.5 Å². The van der Waals surface area contributed by atoms with Crippen molar-refractivity contribution in [2.45, 2.75) is 102 Å². The number of rotatable bonds is 6. The number of hydrogen-bond donors (Lipinski definition) is 6. The summed E-state index contributed by atoms with van der Waals surface area (Å²) in [6.45, 7) is 7.12. The van der Waals surface area contributed by atoms with E-state index in [1.165, 1.54) is 0 Å². The summed E-state index contributed by atoms with van der Waals surface area (Å²) >= 11 is 0. The second kappa shape index (κ2) is 8.59. The topological polar surface area (TPSA) is 140 Å². The molecule has 1 heterocycles. The zero-order valence-corrected chi connectivity index (χ0v) is 16.7. The molecule has 1 saturated carbocycles. The van der Waals surface area contributed by atoms with Crippen molar-refractivity contribution < 1.29 is 40.1 Å². The highest BCUT2D eigenvalue weighted by atomic mass is 16.7. The number of ether oxygens (including phenoxy) is 2. The molecule has 2 aliphatic rings. The maximum absolute atomic E-state index is 11.3. The van der Waals surface area contributed by atoms with Crippen LogP contribution in [0.4, 0.5) is 0 Å². The van der Waals surface area contributed by atoms with Gasteiger partial charge in [-0.15, -0.1) is 0 Å². The Morgan fingerprint density at radius 3 is 2.30 bits per heavy atom. The Kier molecular flexibility index (Phi) is 7.30. The van der Waals surface area contributed by atoms with E-state index >= 15 is 0 Å². The molecule has 0 aromatic heterocycles. The largest absolute Gasteiger partial charge is 0.394 e. The Labute approximate surface area is 160 Å². The zero-order chi connectivity index (χ0) is 20.6. The number of hydrogen-bond acceptors (Lipinski definition) is 8. The first kappa shape index (κ1) is 23.0. The summed E-state index contributed by atoms with van der Waals surface area (Å²) in [4.78, 5) is 0. The molecule has 9 atom stereocenters. The zero-order valence-electron chi connectivity index (χ0n) is 16.7. The third kappa shape index (κ3) is 4.64. The fourth-order valence-corrected chi connectivity index (χ4v) is 4.60. The highest BCUT2D eigenvalue weighted by Crippen LogP contribution is 2.49. The average molecular weight is 392 g/mol. The second-order valence-electron chi connectivity index (χ2n) is 8.99. The van der Waals surface area contributed by atoms with Gasteiger partial charge in [-0.05, 0) is 43.9 Å². The molecule has 1 aliphatic carbocycles. The molecule has 0 aromatic carbocycles. The Balaban J connectivity index is 1.96. The Morgan fingerprint density at radius 1 is 1.11 bits per heavy atom. The normalized spacial score (nSPS) is 46.2. The van der Waals surface area contributed by atoms with Crippen molar-refractivity contribution in [2.75, 3.05) is 6.61 Å². The summed E-state index contributed by atoms with van der Waals surface area (Å²) in [5, 5.41) is 60.3. The van der Waals surface area contributed by atoms with Gasteiger partial charge in [0.25, 0.3) is 0 Å². The first-order chi connectivity index (χ1) is 12.4. The van der Waals surface area contributed by atoms with Crippen LogP contribution in [0.1, 0.15) is 53.4 Å². The third-order valence-electron chi connectivity index (χ3n) is 6.51. The summed E-state index contributed by atoms with van der Waals surface area (Å²) < 4.78 is 11.1. The summed E-state index contributed by atoms with van der Waals surface area (Å²) in [7, 11) is 0. The minimum atomic E-state index is -1.48. The van der Waals surface area contributed by atoms with Gasteiger partial charge in [-0.25, -0.2) is 0 Å². The molecule has 0 bridgehead atoms. The Hall–Kier alpha value is -0.320. The lowest BCUT2D eigenvalue weighted by molar-refractivity contribution is -0.311. The maximum Gasteiger partial charge on any atom is 0.186 e. The summed E-state index contributed by atoms with van der Waals surface area (Å²) in [5.74, 6) is -0.0734. The van der Waals surface area contributed by atoms with Gasteiger partial charge in [0.1, 0.15) is 24.4 Å². The standard InChI is InChI=1S/C19H36O8/c1-10-7-12(21)8-18(3,4)19(10,25)6-5-11(2)26-17-16(24)15(23)14(22)13(9-20)27-17/h10-17,20-25H,5-9H2,1-4H3/t10-,11-,12+,13-,14-,15+,16-,17-,19-/m1/s1. The highest BCUT2D eigenvalue weighted by molar-refractivity contribution is 5.02. The molecular weight excluding hydrogens is 356 g/mol. The lowest BCUT2D eigenvalue weighted by Gasteiger charge is -2.52. The lowest BCUT2D eigenvalue weighted by atomic mass is 9.58. The molecular formula is C19H36O8. The second-order valence-corrected chi connectivity index (χ2v) is 8.99. The van der Waals surface area contributed by atoms with E-state index in [1.807, 2.05) is 20.8 Å². The van der Waals surface area contributed by atoms with Crippen molar-refractivity contribution in [3.8, 4) is 0 Å². The van der Waals surface area contributed by atoms with Crippen molar-refractivity contribution in [1.82, 2.24) is 0 Å². The van der Waals surface area contributed by atoms with Crippen LogP contribution in [-0.4, -0.2) is 85.8 Å². The summed E-state index contributed by atoms with van der Waals surface area (Å²) in [6, 6.07) is 0. The summed E-state index contributed by atoms with van der Waals surface area (Å²) in [5.41, 5.74) is -1.41. The van der Waals surface area contributed by atoms with E-state index in [0.29, 0.717) is 25.7 Å². The number of aliphatic hydroxyl groups is 6. The van der Waals surface area contributed by atoms with Crippen LogP contribution in [0.15, 0.2) is 0 Å². The van der Waals surface area contributed by atoms with Crippen LogP contribution in [-0.2, 0) is 9.47 Å². The number of aliphatic hydroxyl groups excluding tert-OH is 5. The van der Waals surface area contributed by atoms with Crippen molar-refractivity contribution in [3.05, 3.63) is 0 Å². The van der Waals surface area contributed by atoms with Gasteiger partial charge in [-0.2, -0.15) is 0 Å². The molecule has 1 saturated heterocycles. The molecule has 0 radical (unpaired) electrons. The SMILES string of the molecule is C[C@H](CC[C@@]1(O)[C@H](C)C[C@H](O)CC1(C)C)O[C@@H]1O[C@H](CO)[C@@H](O)[C@H](O)[C@H]1O. The van der Waals surface area contributed by atoms with Crippen LogP contribution in [0.3, 0.4) is 0 Å². The Bertz CT molecular complexity index is 484. The van der Waals surface area contributed by atoms with Gasteiger partial charge in [0.05, 0.1) is 24.4 Å². The first-order valence-corrected chi connectivity index (χ1v) is 9.79. The molecule has 27 heavy (non-hydrogen) atoms. The molecule has 2 rings (SSSR count). The lowest BCUT2D eigenvalue weighted by Crippen LogP contribution is -2.59. The van der Waals surface area contributed by atoms with Gasteiger partial charge < -0.3 is 40.1 Å². The smallest absolute Gasteiger partial charge is 0.186 e. The fraction of sp³-hybridized carbons (Fsp3) is 1.00. The predicted molar refractivity (Wildman–Crippen MR) is 96.7 cm³/mol. The van der Waals surface area contributed by atoms with Gasteiger partial charge in [-0.1, -0.05) is 20.8 Å². The monoisotopic (exact) mass is 392 g/mol. The van der Waals surface area contributed by atoms with Crippen LogP contribution >= 0.6 is 0 Å². The molecule has 8 nitrogen and oxygen atoms in total. The fourth-order valence-electron chi connectivity index (χ4n) is 4.60. The Morgan fingerprint density at radius 2 is 1.74 bits per heavy atom. The minimum absolute atomic E-state index is 0.0734. The van der Waals surface area contributed by atoms with E-state index in [0.717, 1.165) is 0 Å². The van der Waals surface area contributed by atoms with Gasteiger partial charge >= 0.3 is 0 Å². The predicted octanol–water partition coefficient (Wildman–Crippen LogP) is -0.480. The van der Waals surface area contributed by atoms with Crippen LogP contribution in [0.25, 0.3) is 0 Å². The molecule has 6 N–H and O–H groups in total. The van der Waals surface area contributed by atoms with E-state index in [2.05, 4.69) is 0 Å². The van der Waals surface area contributed by atoms with Crippen LogP contribution in [0.2, 0.25) is 0 Å².